The van der Waals surface area contributed by atoms with Crippen molar-refractivity contribution in [2.45, 2.75) is 13.3 Å². The van der Waals surface area contributed by atoms with Crippen molar-refractivity contribution < 1.29 is 4.42 Å². The first-order valence-electron chi connectivity index (χ1n) is 4.64. The average Bonchev–Trinajstić information content (AvgIpc) is 2.69. The molecule has 14 heavy (non-hydrogen) atoms. The summed E-state index contributed by atoms with van der Waals surface area (Å²) in [6, 6.07) is 3.80. The number of aliphatic imine (C=N–C) groups is 1. The third-order valence-corrected chi connectivity index (χ3v) is 1.69. The zero-order valence-electron chi connectivity index (χ0n) is 8.29. The molecule has 0 radical (unpaired) electrons. The van der Waals surface area contributed by atoms with Gasteiger partial charge in [0.25, 0.3) is 0 Å². The van der Waals surface area contributed by atoms with Crippen LogP contribution in [0.4, 0.5) is 0 Å². The van der Waals surface area contributed by atoms with Gasteiger partial charge in [-0.25, -0.2) is 5.84 Å². The Kier molecular flexibility index (Phi) is 4.57. The molecular formula is C9H16N4O. The van der Waals surface area contributed by atoms with Crippen LogP contribution in [-0.4, -0.2) is 19.0 Å². The van der Waals surface area contributed by atoms with E-state index in [0.717, 1.165) is 18.7 Å². The number of nitrogens with zero attached hydrogens (tertiary/aromatic N) is 1. The molecule has 0 saturated heterocycles. The van der Waals surface area contributed by atoms with Crippen LogP contribution in [-0.2, 0) is 6.42 Å². The molecule has 1 aromatic rings. The molecule has 0 aliphatic rings. The van der Waals surface area contributed by atoms with Gasteiger partial charge < -0.3 is 9.73 Å². The second kappa shape index (κ2) is 6.04. The van der Waals surface area contributed by atoms with Crippen molar-refractivity contribution in [3.8, 4) is 0 Å². The van der Waals surface area contributed by atoms with Crippen molar-refractivity contribution in [2.24, 2.45) is 10.8 Å². The van der Waals surface area contributed by atoms with Gasteiger partial charge in [-0.05, 0) is 19.1 Å². The van der Waals surface area contributed by atoms with Gasteiger partial charge in [0.15, 0.2) is 0 Å². The fraction of sp³-hybridized carbons (Fsp3) is 0.444. The minimum Gasteiger partial charge on any atom is -0.469 e. The number of nitrogens with one attached hydrogen (secondary N) is 2. The Bertz CT molecular complexity index is 268. The fourth-order valence-corrected chi connectivity index (χ4v) is 1.05. The summed E-state index contributed by atoms with van der Waals surface area (Å²) in [5, 5.41) is 3.00. The highest BCUT2D eigenvalue weighted by Crippen LogP contribution is 2.00. The minimum absolute atomic E-state index is 0.610. The topological polar surface area (TPSA) is 75.6 Å². The van der Waals surface area contributed by atoms with Crippen LogP contribution < -0.4 is 16.6 Å². The molecule has 5 heteroatoms. The van der Waals surface area contributed by atoms with Gasteiger partial charge in [0.2, 0.25) is 5.96 Å². The molecule has 1 aromatic heterocycles. The zero-order valence-corrected chi connectivity index (χ0v) is 8.29. The van der Waals surface area contributed by atoms with Gasteiger partial charge in [0, 0.05) is 19.5 Å². The van der Waals surface area contributed by atoms with Crippen LogP contribution in [0.3, 0.4) is 0 Å². The van der Waals surface area contributed by atoms with Crippen LogP contribution in [0.5, 0.6) is 0 Å². The standard InChI is InChI=1S/C9H16N4O/c1-2-11-9(13-10)12-6-5-8-4-3-7-14-8/h3-4,7H,2,5-6,10H2,1H3,(H2,11,12,13). The first-order chi connectivity index (χ1) is 6.86. The maximum Gasteiger partial charge on any atom is 0.205 e. The Morgan fingerprint density at radius 1 is 1.64 bits per heavy atom. The highest BCUT2D eigenvalue weighted by atomic mass is 16.3. The summed E-state index contributed by atoms with van der Waals surface area (Å²) in [5.41, 5.74) is 2.49. The number of hydrogen-bond acceptors (Lipinski definition) is 3. The molecule has 0 amide bonds. The number of hydrogen-bond donors (Lipinski definition) is 3. The molecule has 0 atom stereocenters. The number of rotatable bonds is 4. The summed E-state index contributed by atoms with van der Waals surface area (Å²) in [6.45, 7) is 3.43. The van der Waals surface area contributed by atoms with E-state index in [0.29, 0.717) is 12.5 Å². The maximum atomic E-state index is 5.25. The van der Waals surface area contributed by atoms with Gasteiger partial charge in [-0.3, -0.25) is 10.4 Å². The minimum atomic E-state index is 0.610. The smallest absolute Gasteiger partial charge is 0.205 e. The van der Waals surface area contributed by atoms with Gasteiger partial charge in [-0.2, -0.15) is 0 Å². The molecule has 4 N–H and O–H groups in total. The summed E-state index contributed by atoms with van der Waals surface area (Å²) in [5.74, 6) is 6.79. The molecule has 78 valence electrons. The Hall–Kier alpha value is -1.49. The predicted octanol–water partition coefficient (Wildman–Crippen LogP) is 0.251. The Morgan fingerprint density at radius 2 is 2.50 bits per heavy atom. The lowest BCUT2D eigenvalue weighted by atomic mass is 10.3. The van der Waals surface area contributed by atoms with E-state index in [1.807, 2.05) is 19.1 Å². The quantitative estimate of drug-likeness (QED) is 0.279. The Balaban J connectivity index is 2.30. The van der Waals surface area contributed by atoms with Gasteiger partial charge in [0.05, 0.1) is 6.26 Å². The summed E-state index contributed by atoms with van der Waals surface area (Å²) in [7, 11) is 0. The largest absolute Gasteiger partial charge is 0.469 e. The van der Waals surface area contributed by atoms with Crippen molar-refractivity contribution in [3.05, 3.63) is 24.2 Å². The van der Waals surface area contributed by atoms with Crippen LogP contribution >= 0.6 is 0 Å². The number of nitrogens with two attached hydrogens (primary N) is 1. The third-order valence-electron chi connectivity index (χ3n) is 1.69. The van der Waals surface area contributed by atoms with Crippen molar-refractivity contribution in [1.29, 1.82) is 0 Å². The highest BCUT2D eigenvalue weighted by molar-refractivity contribution is 5.79. The average molecular weight is 196 g/mol. The van der Waals surface area contributed by atoms with Crippen LogP contribution in [0.1, 0.15) is 12.7 Å². The molecule has 0 bridgehead atoms. The summed E-state index contributed by atoms with van der Waals surface area (Å²) < 4.78 is 5.17. The second-order valence-electron chi connectivity index (χ2n) is 2.73. The Labute approximate surface area is 83.4 Å². The second-order valence-corrected chi connectivity index (χ2v) is 2.73. The van der Waals surface area contributed by atoms with E-state index in [1.54, 1.807) is 6.26 Å². The summed E-state index contributed by atoms with van der Waals surface area (Å²) >= 11 is 0. The molecule has 0 saturated carbocycles. The lowest BCUT2D eigenvalue weighted by Gasteiger charge is -2.05. The number of furan rings is 1. The van der Waals surface area contributed by atoms with E-state index in [9.17, 15) is 0 Å². The molecule has 0 aromatic carbocycles. The molecule has 0 aliphatic heterocycles. The summed E-state index contributed by atoms with van der Waals surface area (Å²) in [6.07, 6.45) is 2.44. The molecule has 1 rings (SSSR count). The fourth-order valence-electron chi connectivity index (χ4n) is 1.05. The molecule has 0 unspecified atom stereocenters. The van der Waals surface area contributed by atoms with Crippen molar-refractivity contribution in [2.75, 3.05) is 13.1 Å². The van der Waals surface area contributed by atoms with Crippen LogP contribution in [0.15, 0.2) is 27.8 Å². The molecule has 0 fully saturated rings. The van der Waals surface area contributed by atoms with E-state index in [1.165, 1.54) is 0 Å². The Morgan fingerprint density at radius 3 is 3.07 bits per heavy atom. The summed E-state index contributed by atoms with van der Waals surface area (Å²) in [4.78, 5) is 4.22. The van der Waals surface area contributed by atoms with Crippen LogP contribution in [0, 0.1) is 0 Å². The third kappa shape index (κ3) is 3.49. The number of hydrazine groups is 1. The molecule has 0 spiro atoms. The lowest BCUT2D eigenvalue weighted by molar-refractivity contribution is 0.510. The SMILES string of the molecule is CCNC(=NCCc1ccco1)NN. The first kappa shape index (κ1) is 10.6. The van der Waals surface area contributed by atoms with Crippen molar-refractivity contribution >= 4 is 5.96 Å². The lowest BCUT2D eigenvalue weighted by Crippen LogP contribution is -2.41. The molecular weight excluding hydrogens is 180 g/mol. The molecule has 1 heterocycles. The first-order valence-corrected chi connectivity index (χ1v) is 4.64. The van der Waals surface area contributed by atoms with E-state index in [2.05, 4.69) is 15.7 Å². The molecule has 5 nitrogen and oxygen atoms in total. The van der Waals surface area contributed by atoms with Crippen LogP contribution in [0.2, 0.25) is 0 Å². The van der Waals surface area contributed by atoms with E-state index >= 15 is 0 Å². The maximum absolute atomic E-state index is 5.25. The van der Waals surface area contributed by atoms with Gasteiger partial charge in [-0.1, -0.05) is 0 Å². The van der Waals surface area contributed by atoms with Gasteiger partial charge >= 0.3 is 0 Å². The zero-order chi connectivity index (χ0) is 10.2. The predicted molar refractivity (Wildman–Crippen MR) is 55.7 cm³/mol. The monoisotopic (exact) mass is 196 g/mol. The van der Waals surface area contributed by atoms with Gasteiger partial charge in [-0.15, -0.1) is 0 Å². The van der Waals surface area contributed by atoms with E-state index < -0.39 is 0 Å². The normalized spacial score (nSPS) is 11.4. The van der Waals surface area contributed by atoms with Crippen LogP contribution in [0.25, 0.3) is 0 Å². The highest BCUT2D eigenvalue weighted by Gasteiger charge is 1.95. The van der Waals surface area contributed by atoms with E-state index in [4.69, 9.17) is 10.3 Å². The van der Waals surface area contributed by atoms with E-state index in [-0.39, 0.29) is 0 Å². The molecule has 0 aliphatic carbocycles. The van der Waals surface area contributed by atoms with Crippen molar-refractivity contribution in [3.63, 3.8) is 0 Å². The number of guanidine groups is 1. The van der Waals surface area contributed by atoms with Crippen molar-refractivity contribution in [1.82, 2.24) is 10.7 Å². The van der Waals surface area contributed by atoms with Gasteiger partial charge in [0.1, 0.15) is 5.76 Å².